The molecule has 24 heavy (non-hydrogen) atoms. The van der Waals surface area contributed by atoms with Gasteiger partial charge in [-0.15, -0.1) is 5.10 Å². The average Bonchev–Trinajstić information content (AvgIpc) is 2.88. The van der Waals surface area contributed by atoms with Gasteiger partial charge in [0, 0.05) is 18.8 Å². The molecule has 0 bridgehead atoms. The first-order valence-electron chi connectivity index (χ1n) is 8.29. The van der Waals surface area contributed by atoms with Gasteiger partial charge in [0.25, 0.3) is 0 Å². The lowest BCUT2D eigenvalue weighted by molar-refractivity contribution is 0.268. The molecule has 2 heterocycles. The number of hydrogen-bond donors (Lipinski definition) is 1. The lowest BCUT2D eigenvalue weighted by atomic mass is 9.82. The molecule has 0 saturated heterocycles. The fraction of sp³-hybridized carbons (Fsp3) is 0.368. The van der Waals surface area contributed by atoms with Crippen LogP contribution in [0.5, 0.6) is 0 Å². The number of hydrogen-bond acceptors (Lipinski definition) is 3. The number of nitrogens with one attached hydrogen (secondary N) is 1. The maximum atomic E-state index is 12.3. The average molecular weight is 324 g/mol. The Morgan fingerprint density at radius 2 is 1.79 bits per heavy atom. The standard InChI is InChI=1S/C19H24N4O/c1-19(2,3)17(15-9-5-4-6-10-15)20-12-14-23-18(24)22-13-8-7-11-16(22)21-23/h4-11,13,17,20H,12,14H2,1-3H3. The van der Waals surface area contributed by atoms with Crippen molar-refractivity contribution >= 4 is 5.65 Å². The normalized spacial score (nSPS) is 13.3. The quantitative estimate of drug-likeness (QED) is 0.785. The molecule has 1 N–H and O–H groups in total. The molecule has 3 rings (SSSR count). The van der Waals surface area contributed by atoms with Crippen molar-refractivity contribution in [2.24, 2.45) is 5.41 Å². The van der Waals surface area contributed by atoms with Crippen LogP contribution in [-0.4, -0.2) is 20.7 Å². The van der Waals surface area contributed by atoms with Crippen LogP contribution in [0.25, 0.3) is 5.65 Å². The largest absolute Gasteiger partial charge is 0.350 e. The summed E-state index contributed by atoms with van der Waals surface area (Å²) >= 11 is 0. The van der Waals surface area contributed by atoms with Gasteiger partial charge in [-0.3, -0.25) is 4.40 Å². The minimum Gasteiger partial charge on any atom is -0.308 e. The van der Waals surface area contributed by atoms with Gasteiger partial charge in [0.15, 0.2) is 5.65 Å². The lowest BCUT2D eigenvalue weighted by Gasteiger charge is -2.32. The van der Waals surface area contributed by atoms with Crippen molar-refractivity contribution in [3.63, 3.8) is 0 Å². The van der Waals surface area contributed by atoms with Crippen molar-refractivity contribution in [3.8, 4) is 0 Å². The number of nitrogens with zero attached hydrogens (tertiary/aromatic N) is 3. The predicted molar refractivity (Wildman–Crippen MR) is 96.1 cm³/mol. The molecule has 0 spiro atoms. The molecule has 0 fully saturated rings. The molecule has 5 heteroatoms. The molecular weight excluding hydrogens is 300 g/mol. The highest BCUT2D eigenvalue weighted by Gasteiger charge is 2.25. The van der Waals surface area contributed by atoms with Crippen LogP contribution in [0.4, 0.5) is 0 Å². The molecule has 0 aliphatic rings. The molecule has 3 aromatic rings. The van der Waals surface area contributed by atoms with E-state index in [-0.39, 0.29) is 17.1 Å². The molecule has 1 atom stereocenters. The van der Waals surface area contributed by atoms with Crippen molar-refractivity contribution in [1.29, 1.82) is 0 Å². The molecule has 126 valence electrons. The lowest BCUT2D eigenvalue weighted by Crippen LogP contribution is -2.35. The van der Waals surface area contributed by atoms with Crippen molar-refractivity contribution in [2.45, 2.75) is 33.4 Å². The number of aromatic nitrogens is 3. The summed E-state index contributed by atoms with van der Waals surface area (Å²) in [6, 6.07) is 16.2. The summed E-state index contributed by atoms with van der Waals surface area (Å²) in [6.07, 6.45) is 1.75. The Hall–Kier alpha value is -2.40. The van der Waals surface area contributed by atoms with E-state index in [0.717, 1.165) is 0 Å². The highest BCUT2D eigenvalue weighted by atomic mass is 16.2. The van der Waals surface area contributed by atoms with Crippen LogP contribution >= 0.6 is 0 Å². The first kappa shape index (κ1) is 16.5. The second-order valence-electron chi connectivity index (χ2n) is 7.10. The van der Waals surface area contributed by atoms with E-state index in [1.807, 2.05) is 24.3 Å². The zero-order valence-electron chi connectivity index (χ0n) is 14.4. The topological polar surface area (TPSA) is 51.3 Å². The van der Waals surface area contributed by atoms with Gasteiger partial charge >= 0.3 is 5.69 Å². The molecule has 2 aromatic heterocycles. The maximum absolute atomic E-state index is 12.3. The van der Waals surface area contributed by atoms with E-state index in [1.54, 1.807) is 10.6 Å². The summed E-state index contributed by atoms with van der Waals surface area (Å²) in [5.41, 5.74) is 1.91. The first-order chi connectivity index (χ1) is 11.5. The second-order valence-corrected chi connectivity index (χ2v) is 7.10. The summed E-state index contributed by atoms with van der Waals surface area (Å²) in [7, 11) is 0. The summed E-state index contributed by atoms with van der Waals surface area (Å²) in [4.78, 5) is 12.3. The van der Waals surface area contributed by atoms with Crippen molar-refractivity contribution < 1.29 is 0 Å². The molecule has 5 nitrogen and oxygen atoms in total. The van der Waals surface area contributed by atoms with Gasteiger partial charge < -0.3 is 5.32 Å². The number of fused-ring (bicyclic) bond motifs is 1. The van der Waals surface area contributed by atoms with Crippen LogP contribution in [0, 0.1) is 5.41 Å². The summed E-state index contributed by atoms with van der Waals surface area (Å²) in [6.45, 7) is 7.87. The number of rotatable bonds is 5. The number of benzene rings is 1. The summed E-state index contributed by atoms with van der Waals surface area (Å²) in [5.74, 6) is 0. The SMILES string of the molecule is CC(C)(C)C(NCCn1nc2ccccn2c1=O)c1ccccc1. The van der Waals surface area contributed by atoms with Crippen LogP contribution in [0.15, 0.2) is 59.5 Å². The van der Waals surface area contributed by atoms with E-state index >= 15 is 0 Å². The zero-order chi connectivity index (χ0) is 17.2. The Labute approximate surface area is 141 Å². The monoisotopic (exact) mass is 324 g/mol. The molecule has 0 aliphatic heterocycles. The number of pyridine rings is 1. The fourth-order valence-corrected chi connectivity index (χ4v) is 3.00. The maximum Gasteiger partial charge on any atom is 0.350 e. The van der Waals surface area contributed by atoms with Gasteiger partial charge in [-0.25, -0.2) is 9.48 Å². The minimum absolute atomic E-state index is 0.0746. The van der Waals surface area contributed by atoms with Crippen LogP contribution in [0.2, 0.25) is 0 Å². The van der Waals surface area contributed by atoms with Crippen LogP contribution in [0.1, 0.15) is 32.4 Å². The van der Waals surface area contributed by atoms with E-state index in [0.29, 0.717) is 18.7 Å². The Morgan fingerprint density at radius 1 is 1.08 bits per heavy atom. The van der Waals surface area contributed by atoms with Gasteiger partial charge in [-0.2, -0.15) is 0 Å². The van der Waals surface area contributed by atoms with Crippen molar-refractivity contribution in [1.82, 2.24) is 19.5 Å². The Bertz CT molecular complexity index is 858. The Balaban J connectivity index is 1.73. The van der Waals surface area contributed by atoms with E-state index in [1.165, 1.54) is 10.2 Å². The summed E-state index contributed by atoms with van der Waals surface area (Å²) in [5, 5.41) is 7.96. The summed E-state index contributed by atoms with van der Waals surface area (Å²) < 4.78 is 3.09. The van der Waals surface area contributed by atoms with E-state index < -0.39 is 0 Å². The second kappa shape index (κ2) is 6.61. The van der Waals surface area contributed by atoms with Crippen LogP contribution in [0.3, 0.4) is 0 Å². The van der Waals surface area contributed by atoms with Gasteiger partial charge in [0.05, 0.1) is 6.54 Å². The highest BCUT2D eigenvalue weighted by molar-refractivity contribution is 5.35. The van der Waals surface area contributed by atoms with Gasteiger partial charge in [-0.1, -0.05) is 57.2 Å². The Morgan fingerprint density at radius 3 is 2.46 bits per heavy atom. The molecule has 0 amide bonds. The third kappa shape index (κ3) is 3.41. The van der Waals surface area contributed by atoms with Crippen LogP contribution in [-0.2, 0) is 6.54 Å². The van der Waals surface area contributed by atoms with Gasteiger partial charge in [-0.05, 0) is 23.1 Å². The minimum atomic E-state index is -0.0978. The van der Waals surface area contributed by atoms with E-state index in [4.69, 9.17) is 0 Å². The van der Waals surface area contributed by atoms with Gasteiger partial charge in [0.1, 0.15) is 0 Å². The molecule has 0 radical (unpaired) electrons. The smallest absolute Gasteiger partial charge is 0.308 e. The molecular formula is C19H24N4O. The van der Waals surface area contributed by atoms with Crippen molar-refractivity contribution in [2.75, 3.05) is 6.54 Å². The van der Waals surface area contributed by atoms with E-state index in [9.17, 15) is 4.79 Å². The first-order valence-corrected chi connectivity index (χ1v) is 8.29. The van der Waals surface area contributed by atoms with E-state index in [2.05, 4.69) is 55.5 Å². The Kier molecular flexibility index (Phi) is 4.53. The zero-order valence-corrected chi connectivity index (χ0v) is 14.4. The molecule has 0 saturated carbocycles. The van der Waals surface area contributed by atoms with Crippen molar-refractivity contribution in [3.05, 3.63) is 70.8 Å². The van der Waals surface area contributed by atoms with Gasteiger partial charge in [0.2, 0.25) is 0 Å². The molecule has 1 unspecified atom stereocenters. The third-order valence-corrected chi connectivity index (χ3v) is 4.16. The molecule has 0 aliphatic carbocycles. The fourth-order valence-electron chi connectivity index (χ4n) is 3.00. The predicted octanol–water partition coefficient (Wildman–Crippen LogP) is 2.87. The third-order valence-electron chi connectivity index (χ3n) is 4.16. The molecule has 1 aromatic carbocycles. The van der Waals surface area contributed by atoms with Crippen LogP contribution < -0.4 is 11.0 Å². The highest BCUT2D eigenvalue weighted by Crippen LogP contribution is 2.32.